The van der Waals surface area contributed by atoms with Crippen LogP contribution in [0.4, 0.5) is 5.82 Å². The van der Waals surface area contributed by atoms with Gasteiger partial charge in [0, 0.05) is 18.3 Å². The van der Waals surface area contributed by atoms with Crippen LogP contribution in [0, 0.1) is 0 Å². The van der Waals surface area contributed by atoms with Crippen molar-refractivity contribution in [2.45, 2.75) is 26.3 Å². The van der Waals surface area contributed by atoms with Crippen LogP contribution in [0.25, 0.3) is 0 Å². The van der Waals surface area contributed by atoms with Gasteiger partial charge < -0.3 is 10.1 Å². The highest BCUT2D eigenvalue weighted by Crippen LogP contribution is 2.16. The number of benzene rings is 1. The lowest BCUT2D eigenvalue weighted by atomic mass is 10.1. The third-order valence-corrected chi connectivity index (χ3v) is 2.89. The van der Waals surface area contributed by atoms with Crippen molar-refractivity contribution in [3.05, 3.63) is 47.9 Å². The standard InChI is InChI=1S/C15H19N3O/c1-11(2)14-8-15(18-10-17-14)16-9-12-5-4-6-13(7-12)19-3/h4-8,10-11H,9H2,1-3H3,(H,16,17,18). The zero-order valence-electron chi connectivity index (χ0n) is 11.6. The molecule has 1 aromatic heterocycles. The van der Waals surface area contributed by atoms with Crippen LogP contribution < -0.4 is 10.1 Å². The molecule has 0 amide bonds. The van der Waals surface area contributed by atoms with E-state index in [1.807, 2.05) is 24.3 Å². The average molecular weight is 257 g/mol. The summed E-state index contributed by atoms with van der Waals surface area (Å²) in [5.74, 6) is 2.12. The maximum absolute atomic E-state index is 5.20. The molecular weight excluding hydrogens is 238 g/mol. The predicted octanol–water partition coefficient (Wildman–Crippen LogP) is 3.22. The quantitative estimate of drug-likeness (QED) is 0.893. The van der Waals surface area contributed by atoms with Crippen LogP contribution in [0.2, 0.25) is 0 Å². The molecule has 0 atom stereocenters. The zero-order chi connectivity index (χ0) is 13.7. The third kappa shape index (κ3) is 3.68. The summed E-state index contributed by atoms with van der Waals surface area (Å²) in [5.41, 5.74) is 2.20. The van der Waals surface area contributed by atoms with E-state index in [-0.39, 0.29) is 0 Å². The second-order valence-electron chi connectivity index (χ2n) is 4.69. The second-order valence-corrected chi connectivity index (χ2v) is 4.69. The summed E-state index contributed by atoms with van der Waals surface area (Å²) >= 11 is 0. The molecule has 1 heterocycles. The van der Waals surface area contributed by atoms with Gasteiger partial charge in [-0.25, -0.2) is 9.97 Å². The van der Waals surface area contributed by atoms with Crippen LogP contribution in [0.3, 0.4) is 0 Å². The molecule has 0 radical (unpaired) electrons. The number of hydrogen-bond donors (Lipinski definition) is 1. The summed E-state index contributed by atoms with van der Waals surface area (Å²) in [4.78, 5) is 8.48. The van der Waals surface area contributed by atoms with Gasteiger partial charge in [-0.15, -0.1) is 0 Å². The van der Waals surface area contributed by atoms with Crippen LogP contribution in [0.1, 0.15) is 31.0 Å². The van der Waals surface area contributed by atoms with E-state index in [1.54, 1.807) is 13.4 Å². The van der Waals surface area contributed by atoms with E-state index < -0.39 is 0 Å². The van der Waals surface area contributed by atoms with E-state index in [4.69, 9.17) is 4.74 Å². The lowest BCUT2D eigenvalue weighted by Crippen LogP contribution is -2.03. The van der Waals surface area contributed by atoms with E-state index in [2.05, 4.69) is 35.2 Å². The van der Waals surface area contributed by atoms with Gasteiger partial charge in [-0.05, 0) is 23.6 Å². The Morgan fingerprint density at radius 2 is 2.05 bits per heavy atom. The van der Waals surface area contributed by atoms with Crippen molar-refractivity contribution in [2.24, 2.45) is 0 Å². The highest BCUT2D eigenvalue weighted by Gasteiger charge is 2.03. The molecule has 0 saturated carbocycles. The first-order chi connectivity index (χ1) is 9.19. The van der Waals surface area contributed by atoms with Crippen molar-refractivity contribution < 1.29 is 4.74 Å². The van der Waals surface area contributed by atoms with Gasteiger partial charge in [0.1, 0.15) is 17.9 Å². The first-order valence-electron chi connectivity index (χ1n) is 6.38. The highest BCUT2D eigenvalue weighted by molar-refractivity contribution is 5.38. The summed E-state index contributed by atoms with van der Waals surface area (Å²) in [5, 5.41) is 3.30. The molecule has 19 heavy (non-hydrogen) atoms. The van der Waals surface area contributed by atoms with Gasteiger partial charge >= 0.3 is 0 Å². The van der Waals surface area contributed by atoms with E-state index in [9.17, 15) is 0 Å². The van der Waals surface area contributed by atoms with Gasteiger partial charge in [-0.1, -0.05) is 26.0 Å². The molecule has 2 aromatic rings. The van der Waals surface area contributed by atoms with Gasteiger partial charge in [0.25, 0.3) is 0 Å². The third-order valence-electron chi connectivity index (χ3n) is 2.89. The Hall–Kier alpha value is -2.10. The Bertz CT molecular complexity index is 540. The highest BCUT2D eigenvalue weighted by atomic mass is 16.5. The normalized spacial score (nSPS) is 10.5. The molecule has 0 aliphatic rings. The lowest BCUT2D eigenvalue weighted by Gasteiger charge is -2.09. The minimum atomic E-state index is 0.403. The van der Waals surface area contributed by atoms with Crippen LogP contribution in [-0.4, -0.2) is 17.1 Å². The molecule has 0 bridgehead atoms. The zero-order valence-corrected chi connectivity index (χ0v) is 11.6. The number of anilines is 1. The number of methoxy groups -OCH3 is 1. The van der Waals surface area contributed by atoms with Crippen molar-refractivity contribution in [1.82, 2.24) is 9.97 Å². The minimum Gasteiger partial charge on any atom is -0.497 e. The number of ether oxygens (including phenoxy) is 1. The molecule has 1 aromatic carbocycles. The number of nitrogens with one attached hydrogen (secondary N) is 1. The molecule has 0 aliphatic carbocycles. The largest absolute Gasteiger partial charge is 0.497 e. The predicted molar refractivity (Wildman–Crippen MR) is 76.4 cm³/mol. The summed E-state index contributed by atoms with van der Waals surface area (Å²) in [6.45, 7) is 4.95. The van der Waals surface area contributed by atoms with Gasteiger partial charge in [-0.2, -0.15) is 0 Å². The second kappa shape index (κ2) is 6.18. The van der Waals surface area contributed by atoms with Crippen molar-refractivity contribution in [3.8, 4) is 5.75 Å². The van der Waals surface area contributed by atoms with Crippen LogP contribution in [0.5, 0.6) is 5.75 Å². The molecule has 100 valence electrons. The molecule has 4 nitrogen and oxygen atoms in total. The number of rotatable bonds is 5. The fourth-order valence-corrected chi connectivity index (χ4v) is 1.76. The van der Waals surface area contributed by atoms with Crippen molar-refractivity contribution >= 4 is 5.82 Å². The average Bonchev–Trinajstić information content (AvgIpc) is 2.45. The first kappa shape index (κ1) is 13.3. The molecule has 0 unspecified atom stereocenters. The van der Waals surface area contributed by atoms with Gasteiger partial charge in [0.05, 0.1) is 7.11 Å². The summed E-state index contributed by atoms with van der Waals surface area (Å²) in [7, 11) is 1.67. The van der Waals surface area contributed by atoms with Gasteiger partial charge in [0.15, 0.2) is 0 Å². The molecule has 0 fully saturated rings. The minimum absolute atomic E-state index is 0.403. The maximum atomic E-state index is 5.20. The molecule has 4 heteroatoms. The summed E-state index contributed by atoms with van der Waals surface area (Å²) < 4.78 is 5.20. The number of aromatic nitrogens is 2. The molecule has 0 saturated heterocycles. The summed E-state index contributed by atoms with van der Waals surface area (Å²) in [6, 6.07) is 9.98. The first-order valence-corrected chi connectivity index (χ1v) is 6.38. The maximum Gasteiger partial charge on any atom is 0.129 e. The Kier molecular flexibility index (Phi) is 4.34. The Morgan fingerprint density at radius 1 is 1.21 bits per heavy atom. The van der Waals surface area contributed by atoms with Crippen molar-refractivity contribution in [3.63, 3.8) is 0 Å². The fourth-order valence-electron chi connectivity index (χ4n) is 1.76. The van der Waals surface area contributed by atoms with Crippen LogP contribution >= 0.6 is 0 Å². The Morgan fingerprint density at radius 3 is 2.79 bits per heavy atom. The van der Waals surface area contributed by atoms with Crippen molar-refractivity contribution in [1.29, 1.82) is 0 Å². The summed E-state index contributed by atoms with van der Waals surface area (Å²) in [6.07, 6.45) is 1.60. The Labute approximate surface area is 113 Å². The van der Waals surface area contributed by atoms with E-state index in [1.165, 1.54) is 0 Å². The van der Waals surface area contributed by atoms with Crippen LogP contribution in [-0.2, 0) is 6.54 Å². The smallest absolute Gasteiger partial charge is 0.129 e. The lowest BCUT2D eigenvalue weighted by molar-refractivity contribution is 0.414. The van der Waals surface area contributed by atoms with E-state index in [0.29, 0.717) is 12.5 Å². The molecule has 2 rings (SSSR count). The molecular formula is C15H19N3O. The van der Waals surface area contributed by atoms with Gasteiger partial charge in [-0.3, -0.25) is 0 Å². The fraction of sp³-hybridized carbons (Fsp3) is 0.333. The topological polar surface area (TPSA) is 47.0 Å². The molecule has 0 spiro atoms. The monoisotopic (exact) mass is 257 g/mol. The number of nitrogens with zero attached hydrogens (tertiary/aromatic N) is 2. The van der Waals surface area contributed by atoms with Crippen molar-refractivity contribution in [2.75, 3.05) is 12.4 Å². The van der Waals surface area contributed by atoms with E-state index in [0.717, 1.165) is 22.8 Å². The van der Waals surface area contributed by atoms with Crippen LogP contribution in [0.15, 0.2) is 36.7 Å². The SMILES string of the molecule is COc1cccc(CNc2cc(C(C)C)ncn2)c1. The Balaban J connectivity index is 2.03. The molecule has 0 aliphatic heterocycles. The molecule has 1 N–H and O–H groups in total. The van der Waals surface area contributed by atoms with E-state index >= 15 is 0 Å². The number of hydrogen-bond acceptors (Lipinski definition) is 4. The van der Waals surface area contributed by atoms with Gasteiger partial charge in [0.2, 0.25) is 0 Å².